The third-order valence-corrected chi connectivity index (χ3v) is 4.97. The Morgan fingerprint density at radius 2 is 1.88 bits per heavy atom. The summed E-state index contributed by atoms with van der Waals surface area (Å²) in [7, 11) is 1.15. The van der Waals surface area contributed by atoms with E-state index in [9.17, 15) is 4.79 Å². The lowest BCUT2D eigenvalue weighted by Crippen LogP contribution is -2.42. The molecule has 0 unspecified atom stereocenters. The average molecular weight is 333 g/mol. The third kappa shape index (κ3) is 2.92. The van der Waals surface area contributed by atoms with E-state index in [1.165, 1.54) is 0 Å². The Kier molecular flexibility index (Phi) is 4.36. The Hall–Kier alpha value is -1.57. The van der Waals surface area contributed by atoms with Gasteiger partial charge in [-0.3, -0.25) is 4.79 Å². The maximum absolute atomic E-state index is 12.2. The van der Waals surface area contributed by atoms with Gasteiger partial charge in [-0.25, -0.2) is 0 Å². The summed E-state index contributed by atoms with van der Waals surface area (Å²) in [6.07, 6.45) is 0. The van der Waals surface area contributed by atoms with Gasteiger partial charge in [-0.05, 0) is 45.3 Å². The molecule has 1 fully saturated rings. The quantitative estimate of drug-likeness (QED) is 0.779. The van der Waals surface area contributed by atoms with Crippen LogP contribution in [0.15, 0.2) is 18.2 Å². The van der Waals surface area contributed by atoms with E-state index in [2.05, 4.69) is 0 Å². The van der Waals surface area contributed by atoms with Crippen molar-refractivity contribution in [3.05, 3.63) is 18.2 Å². The van der Waals surface area contributed by atoms with E-state index in [-0.39, 0.29) is 12.5 Å². The fourth-order valence-electron chi connectivity index (χ4n) is 2.77. The number of ether oxygens (including phenoxy) is 2. The van der Waals surface area contributed by atoms with Crippen LogP contribution >= 0.6 is 0 Å². The fourth-order valence-corrected chi connectivity index (χ4v) is 2.77. The second kappa shape index (κ2) is 6.06. The van der Waals surface area contributed by atoms with E-state index in [4.69, 9.17) is 18.8 Å². The molecule has 0 saturated carbocycles. The van der Waals surface area contributed by atoms with Gasteiger partial charge < -0.3 is 23.7 Å². The van der Waals surface area contributed by atoms with E-state index in [1.54, 1.807) is 12.0 Å². The molecule has 1 aromatic carbocycles. The van der Waals surface area contributed by atoms with Crippen LogP contribution in [0.5, 0.6) is 5.75 Å². The standard InChI is InChI=1S/C17H24BNO5/c1-16(2)17(3,4)24-18(23-16)12-6-7-14-13(10-12)19(8-9-21-5)15(20)11-22-14/h6-7,10H,8-9,11H2,1-5H3. The smallest absolute Gasteiger partial charge is 0.482 e. The monoisotopic (exact) mass is 333 g/mol. The first kappa shape index (κ1) is 17.3. The molecule has 0 aromatic heterocycles. The molecule has 0 radical (unpaired) electrons. The van der Waals surface area contributed by atoms with E-state index < -0.39 is 18.3 Å². The van der Waals surface area contributed by atoms with Crippen LogP contribution in [0.1, 0.15) is 27.7 Å². The molecular formula is C17H24BNO5. The summed E-state index contributed by atoms with van der Waals surface area (Å²) in [5.74, 6) is 0.608. The Labute approximate surface area is 143 Å². The number of benzene rings is 1. The summed E-state index contributed by atoms with van der Waals surface area (Å²) < 4.78 is 22.8. The molecule has 1 amide bonds. The van der Waals surface area contributed by atoms with Crippen molar-refractivity contribution >= 4 is 24.2 Å². The SMILES string of the molecule is COCCN1C(=O)COc2ccc(B3OC(C)(C)C(C)(C)O3)cc21. The number of fused-ring (bicyclic) bond motifs is 1. The molecule has 130 valence electrons. The van der Waals surface area contributed by atoms with Crippen molar-refractivity contribution in [2.45, 2.75) is 38.9 Å². The molecule has 7 heteroatoms. The Morgan fingerprint density at radius 1 is 1.21 bits per heavy atom. The van der Waals surface area contributed by atoms with Crippen molar-refractivity contribution < 1.29 is 23.6 Å². The third-order valence-electron chi connectivity index (χ3n) is 4.97. The number of hydrogen-bond donors (Lipinski definition) is 0. The Balaban J connectivity index is 1.90. The van der Waals surface area contributed by atoms with Crippen LogP contribution in [-0.4, -0.2) is 51.1 Å². The van der Waals surface area contributed by atoms with Gasteiger partial charge in [0.05, 0.1) is 23.5 Å². The second-order valence-corrected chi connectivity index (χ2v) is 7.14. The zero-order valence-electron chi connectivity index (χ0n) is 14.9. The molecule has 0 N–H and O–H groups in total. The summed E-state index contributed by atoms with van der Waals surface area (Å²) in [6, 6.07) is 5.69. The predicted molar refractivity (Wildman–Crippen MR) is 91.9 cm³/mol. The Bertz CT molecular complexity index is 630. The van der Waals surface area contributed by atoms with Crippen molar-refractivity contribution in [1.82, 2.24) is 0 Å². The number of amides is 1. The van der Waals surface area contributed by atoms with Gasteiger partial charge in [0.2, 0.25) is 0 Å². The van der Waals surface area contributed by atoms with Gasteiger partial charge >= 0.3 is 7.12 Å². The number of nitrogens with zero attached hydrogens (tertiary/aromatic N) is 1. The van der Waals surface area contributed by atoms with Crippen molar-refractivity contribution in [1.29, 1.82) is 0 Å². The normalized spacial score (nSPS) is 21.6. The molecule has 0 spiro atoms. The second-order valence-electron chi connectivity index (χ2n) is 7.14. The minimum atomic E-state index is -0.471. The number of carbonyl (C=O) groups is 1. The molecule has 2 heterocycles. The highest BCUT2D eigenvalue weighted by Crippen LogP contribution is 2.37. The van der Waals surface area contributed by atoms with Gasteiger partial charge in [0.25, 0.3) is 5.91 Å². The van der Waals surface area contributed by atoms with Gasteiger partial charge in [0, 0.05) is 13.7 Å². The van der Waals surface area contributed by atoms with Crippen LogP contribution in [-0.2, 0) is 18.8 Å². The van der Waals surface area contributed by atoms with Crippen molar-refractivity contribution in [2.24, 2.45) is 0 Å². The highest BCUT2D eigenvalue weighted by atomic mass is 16.7. The fraction of sp³-hybridized carbons (Fsp3) is 0.588. The number of hydrogen-bond acceptors (Lipinski definition) is 5. The van der Waals surface area contributed by atoms with E-state index >= 15 is 0 Å². The molecule has 2 aliphatic rings. The maximum atomic E-state index is 12.2. The zero-order chi connectivity index (χ0) is 17.5. The maximum Gasteiger partial charge on any atom is 0.494 e. The molecule has 0 aliphatic carbocycles. The minimum Gasteiger partial charge on any atom is -0.482 e. The number of carbonyl (C=O) groups excluding carboxylic acids is 1. The van der Waals surface area contributed by atoms with Crippen molar-refractivity contribution in [2.75, 3.05) is 31.8 Å². The lowest BCUT2D eigenvalue weighted by molar-refractivity contribution is -0.121. The molecule has 1 aromatic rings. The lowest BCUT2D eigenvalue weighted by Gasteiger charge is -2.32. The van der Waals surface area contributed by atoms with E-state index in [0.717, 1.165) is 11.2 Å². The lowest BCUT2D eigenvalue weighted by atomic mass is 9.78. The highest BCUT2D eigenvalue weighted by molar-refractivity contribution is 6.62. The van der Waals surface area contributed by atoms with Gasteiger partial charge in [-0.2, -0.15) is 0 Å². The summed E-state index contributed by atoms with van der Waals surface area (Å²) >= 11 is 0. The molecule has 2 aliphatic heterocycles. The van der Waals surface area contributed by atoms with E-state index in [0.29, 0.717) is 18.9 Å². The molecule has 0 bridgehead atoms. The number of anilines is 1. The van der Waals surface area contributed by atoms with Gasteiger partial charge in [0.15, 0.2) is 6.61 Å². The molecule has 0 atom stereocenters. The number of rotatable bonds is 4. The Morgan fingerprint density at radius 3 is 2.50 bits per heavy atom. The van der Waals surface area contributed by atoms with Crippen molar-refractivity contribution in [3.8, 4) is 5.75 Å². The first-order chi connectivity index (χ1) is 11.2. The van der Waals surface area contributed by atoms with Gasteiger partial charge in [0.1, 0.15) is 5.75 Å². The summed E-state index contributed by atoms with van der Waals surface area (Å²) in [5.41, 5.74) is 0.786. The summed E-state index contributed by atoms with van der Waals surface area (Å²) in [4.78, 5) is 13.9. The van der Waals surface area contributed by atoms with E-state index in [1.807, 2.05) is 45.9 Å². The molecular weight excluding hydrogens is 309 g/mol. The highest BCUT2D eigenvalue weighted by Gasteiger charge is 2.51. The first-order valence-corrected chi connectivity index (χ1v) is 8.17. The van der Waals surface area contributed by atoms with Crippen LogP contribution in [0, 0.1) is 0 Å². The molecule has 1 saturated heterocycles. The zero-order valence-corrected chi connectivity index (χ0v) is 14.9. The number of methoxy groups -OCH3 is 1. The predicted octanol–water partition coefficient (Wildman–Crippen LogP) is 1.36. The van der Waals surface area contributed by atoms with Gasteiger partial charge in [-0.1, -0.05) is 6.07 Å². The van der Waals surface area contributed by atoms with Crippen LogP contribution < -0.4 is 15.1 Å². The van der Waals surface area contributed by atoms with Gasteiger partial charge in [-0.15, -0.1) is 0 Å². The average Bonchev–Trinajstić information content (AvgIpc) is 2.74. The first-order valence-electron chi connectivity index (χ1n) is 8.17. The van der Waals surface area contributed by atoms with Crippen LogP contribution in [0.3, 0.4) is 0 Å². The van der Waals surface area contributed by atoms with Crippen molar-refractivity contribution in [3.63, 3.8) is 0 Å². The molecule has 3 rings (SSSR count). The van der Waals surface area contributed by atoms with Crippen LogP contribution in [0.25, 0.3) is 0 Å². The minimum absolute atomic E-state index is 0.0482. The molecule has 6 nitrogen and oxygen atoms in total. The summed E-state index contributed by atoms with van der Waals surface area (Å²) in [6.45, 7) is 9.06. The summed E-state index contributed by atoms with van der Waals surface area (Å²) in [5, 5.41) is 0. The van der Waals surface area contributed by atoms with Crippen LogP contribution in [0.4, 0.5) is 5.69 Å². The topological polar surface area (TPSA) is 57.2 Å². The largest absolute Gasteiger partial charge is 0.494 e. The van der Waals surface area contributed by atoms with Crippen LogP contribution in [0.2, 0.25) is 0 Å². The molecule has 24 heavy (non-hydrogen) atoms.